The summed E-state index contributed by atoms with van der Waals surface area (Å²) < 4.78 is 2.90. The zero-order valence-corrected chi connectivity index (χ0v) is 11.4. The van der Waals surface area contributed by atoms with E-state index in [9.17, 15) is 9.59 Å². The van der Waals surface area contributed by atoms with Crippen LogP contribution in [0.4, 0.5) is 0 Å². The van der Waals surface area contributed by atoms with Crippen LogP contribution in [0.25, 0.3) is 12.2 Å². The van der Waals surface area contributed by atoms with E-state index < -0.39 is 0 Å². The minimum atomic E-state index is -0.0845. The summed E-state index contributed by atoms with van der Waals surface area (Å²) >= 11 is 1.32. The maximum Gasteiger partial charge on any atom is 0.268 e. The maximum atomic E-state index is 12.4. The Hall–Kier alpha value is -1.94. The molecule has 1 heterocycles. The first-order chi connectivity index (χ1) is 9.13. The molecule has 0 radical (unpaired) electrons. The van der Waals surface area contributed by atoms with Crippen LogP contribution in [-0.4, -0.2) is 10.4 Å². The van der Waals surface area contributed by atoms with Crippen molar-refractivity contribution in [1.29, 1.82) is 0 Å². The number of fused-ring (bicyclic) bond motifs is 1. The lowest BCUT2D eigenvalue weighted by molar-refractivity contribution is 0.105. The van der Waals surface area contributed by atoms with E-state index >= 15 is 0 Å². The number of nitrogens with zero attached hydrogens (tertiary/aromatic N) is 1. The van der Waals surface area contributed by atoms with E-state index in [0.717, 1.165) is 21.4 Å². The number of hydrogen-bond donors (Lipinski definition) is 0. The fourth-order valence-electron chi connectivity index (χ4n) is 2.47. The topological polar surface area (TPSA) is 39.1 Å². The number of benzene rings is 1. The number of carbonyl (C=O) groups is 1. The van der Waals surface area contributed by atoms with Crippen LogP contribution in [0, 0.1) is 0 Å². The molecule has 4 heteroatoms. The molecule has 1 aliphatic carbocycles. The molecule has 1 aliphatic rings. The summed E-state index contributed by atoms with van der Waals surface area (Å²) in [5.41, 5.74) is 2.43. The third-order valence-electron chi connectivity index (χ3n) is 3.43. The molecular weight excluding hydrogens is 258 g/mol. The number of ketones is 1. The molecule has 0 unspecified atom stereocenters. The van der Waals surface area contributed by atoms with Gasteiger partial charge in [0, 0.05) is 24.1 Å². The SMILES string of the molecule is C=c1sc(=C2Cc3ccccc3C2=O)n(CC)c1=O. The Labute approximate surface area is 114 Å². The number of rotatable bonds is 1. The normalized spacial score (nSPS) is 16.8. The number of aromatic nitrogens is 1. The molecule has 0 saturated carbocycles. The highest BCUT2D eigenvalue weighted by molar-refractivity contribution is 7.07. The van der Waals surface area contributed by atoms with E-state index in [1.54, 1.807) is 4.57 Å². The van der Waals surface area contributed by atoms with Crippen LogP contribution in [-0.2, 0) is 13.0 Å². The van der Waals surface area contributed by atoms with E-state index in [4.69, 9.17) is 0 Å². The van der Waals surface area contributed by atoms with Crippen molar-refractivity contribution in [2.24, 2.45) is 0 Å². The second-order valence-corrected chi connectivity index (χ2v) is 5.61. The van der Waals surface area contributed by atoms with Gasteiger partial charge in [-0.15, -0.1) is 11.3 Å². The van der Waals surface area contributed by atoms with Crippen molar-refractivity contribution >= 4 is 29.3 Å². The number of thiazole rings is 1. The van der Waals surface area contributed by atoms with Gasteiger partial charge in [-0.05, 0) is 12.5 Å². The van der Waals surface area contributed by atoms with Gasteiger partial charge < -0.3 is 0 Å². The molecule has 1 aromatic carbocycles. The Bertz CT molecular complexity index is 842. The molecule has 0 bridgehead atoms. The summed E-state index contributed by atoms with van der Waals surface area (Å²) in [6.45, 7) is 6.23. The van der Waals surface area contributed by atoms with Crippen LogP contribution in [0.1, 0.15) is 22.8 Å². The van der Waals surface area contributed by atoms with E-state index in [0.29, 0.717) is 17.5 Å². The Kier molecular flexibility index (Phi) is 2.75. The summed E-state index contributed by atoms with van der Waals surface area (Å²) in [7, 11) is 0. The van der Waals surface area contributed by atoms with Crippen molar-refractivity contribution in [3.63, 3.8) is 0 Å². The zero-order chi connectivity index (χ0) is 13.6. The molecule has 0 aliphatic heterocycles. The largest absolute Gasteiger partial charge is 0.299 e. The molecule has 19 heavy (non-hydrogen) atoms. The number of carbonyl (C=O) groups excluding carboxylic acids is 1. The third kappa shape index (κ3) is 1.71. The van der Waals surface area contributed by atoms with E-state index in [-0.39, 0.29) is 11.3 Å². The first-order valence-corrected chi connectivity index (χ1v) is 6.99. The summed E-state index contributed by atoms with van der Waals surface area (Å²) in [5, 5.41) is 0. The van der Waals surface area contributed by atoms with Crippen molar-refractivity contribution in [3.8, 4) is 0 Å². The molecule has 1 aromatic heterocycles. The second-order valence-electron chi connectivity index (χ2n) is 4.52. The lowest BCUT2D eigenvalue weighted by Gasteiger charge is -1.98. The van der Waals surface area contributed by atoms with Crippen LogP contribution in [0.2, 0.25) is 0 Å². The molecule has 0 amide bonds. The van der Waals surface area contributed by atoms with Crippen molar-refractivity contribution < 1.29 is 4.79 Å². The first kappa shape index (κ1) is 12.1. The van der Waals surface area contributed by atoms with Crippen molar-refractivity contribution in [2.75, 3.05) is 0 Å². The highest BCUT2D eigenvalue weighted by Crippen LogP contribution is 2.25. The Morgan fingerprint density at radius 2 is 2.05 bits per heavy atom. The van der Waals surface area contributed by atoms with Crippen LogP contribution < -0.4 is 14.8 Å². The van der Waals surface area contributed by atoms with Crippen LogP contribution in [0.15, 0.2) is 29.1 Å². The predicted octanol–water partition coefficient (Wildman–Crippen LogP) is 0.930. The lowest BCUT2D eigenvalue weighted by Crippen LogP contribution is -2.31. The molecule has 3 nitrogen and oxygen atoms in total. The van der Waals surface area contributed by atoms with Crippen molar-refractivity contribution in [3.05, 3.63) is 54.9 Å². The van der Waals surface area contributed by atoms with Crippen molar-refractivity contribution in [2.45, 2.75) is 19.9 Å². The number of hydrogen-bond acceptors (Lipinski definition) is 3. The van der Waals surface area contributed by atoms with Gasteiger partial charge >= 0.3 is 0 Å². The fraction of sp³-hybridized carbons (Fsp3) is 0.200. The lowest BCUT2D eigenvalue weighted by atomic mass is 10.1. The highest BCUT2D eigenvalue weighted by atomic mass is 32.1. The standard InChI is InChI=1S/C15H13NO2S/c1-3-16-14(18)9(2)19-15(16)12-8-10-6-4-5-7-11(10)13(12)17/h4-7H,2-3,8H2,1H3. The van der Waals surface area contributed by atoms with Gasteiger partial charge in [-0.1, -0.05) is 30.8 Å². The maximum absolute atomic E-state index is 12.4. The minimum Gasteiger partial charge on any atom is -0.299 e. The summed E-state index contributed by atoms with van der Waals surface area (Å²) in [6, 6.07) is 7.61. The number of Topliss-reactive ketones (excluding diaryl/α,β-unsaturated/α-hetero) is 1. The third-order valence-corrected chi connectivity index (χ3v) is 4.51. The van der Waals surface area contributed by atoms with E-state index in [2.05, 4.69) is 6.58 Å². The predicted molar refractivity (Wildman–Crippen MR) is 76.9 cm³/mol. The monoisotopic (exact) mass is 271 g/mol. The van der Waals surface area contributed by atoms with E-state index in [1.807, 2.05) is 31.2 Å². The molecule has 0 saturated heterocycles. The van der Waals surface area contributed by atoms with Gasteiger partial charge in [0.15, 0.2) is 5.78 Å². The molecule has 0 atom stereocenters. The molecule has 3 rings (SSSR count). The summed E-state index contributed by atoms with van der Waals surface area (Å²) in [5.74, 6) is 0.0408. The average Bonchev–Trinajstić information content (AvgIpc) is 2.89. The molecule has 0 fully saturated rings. The molecular formula is C15H13NO2S. The van der Waals surface area contributed by atoms with E-state index in [1.165, 1.54) is 11.3 Å². The second kappa shape index (κ2) is 4.31. The zero-order valence-electron chi connectivity index (χ0n) is 10.6. The highest BCUT2D eigenvalue weighted by Gasteiger charge is 2.26. The van der Waals surface area contributed by atoms with Crippen LogP contribution in [0.3, 0.4) is 0 Å². The molecule has 2 aromatic rings. The fourth-order valence-corrected chi connectivity index (χ4v) is 3.51. The Morgan fingerprint density at radius 1 is 1.32 bits per heavy atom. The van der Waals surface area contributed by atoms with Crippen LogP contribution >= 0.6 is 11.3 Å². The van der Waals surface area contributed by atoms with Gasteiger partial charge in [0.2, 0.25) is 0 Å². The van der Waals surface area contributed by atoms with Crippen molar-refractivity contribution in [1.82, 2.24) is 4.57 Å². The average molecular weight is 271 g/mol. The van der Waals surface area contributed by atoms with Crippen LogP contribution in [0.5, 0.6) is 0 Å². The van der Waals surface area contributed by atoms with Gasteiger partial charge in [-0.3, -0.25) is 14.2 Å². The van der Waals surface area contributed by atoms with Gasteiger partial charge in [-0.2, -0.15) is 0 Å². The molecule has 0 spiro atoms. The first-order valence-electron chi connectivity index (χ1n) is 6.18. The Balaban J connectivity index is 2.34. The molecule has 0 N–H and O–H groups in total. The minimum absolute atomic E-state index is 0.0408. The summed E-state index contributed by atoms with van der Waals surface area (Å²) in [6.07, 6.45) is 0.606. The summed E-state index contributed by atoms with van der Waals surface area (Å²) in [4.78, 5) is 24.4. The van der Waals surface area contributed by atoms with Gasteiger partial charge in [-0.25, -0.2) is 0 Å². The molecule has 96 valence electrons. The van der Waals surface area contributed by atoms with Gasteiger partial charge in [0.05, 0.1) is 4.53 Å². The van der Waals surface area contributed by atoms with Gasteiger partial charge in [0.1, 0.15) is 4.66 Å². The van der Waals surface area contributed by atoms with Gasteiger partial charge in [0.25, 0.3) is 5.56 Å². The Morgan fingerprint density at radius 3 is 2.74 bits per heavy atom. The smallest absolute Gasteiger partial charge is 0.268 e. The quantitative estimate of drug-likeness (QED) is 0.774.